The first kappa shape index (κ1) is 76.0. The number of carbonyl (C=O) groups excluding carboxylic acids is 4. The molecule has 8 bridgehead atoms. The first-order chi connectivity index (χ1) is 43.4. The van der Waals surface area contributed by atoms with Gasteiger partial charge in [-0.2, -0.15) is 0 Å². The summed E-state index contributed by atoms with van der Waals surface area (Å²) in [6.07, 6.45) is 24.2. The molecule has 0 amide bonds. The normalized spacial score (nSPS) is 32.4. The van der Waals surface area contributed by atoms with Crippen LogP contribution in [0.1, 0.15) is 205 Å². The molecule has 15 rings (SSSR count). The number of aliphatic carboxylic acids is 2. The third kappa shape index (κ3) is 10.9. The van der Waals surface area contributed by atoms with Crippen LogP contribution in [0.4, 0.5) is 0 Å². The van der Waals surface area contributed by atoms with Gasteiger partial charge in [-0.25, -0.2) is 9.59 Å². The minimum Gasteiger partial charge on any atom is -0.870 e. The second-order valence-corrected chi connectivity index (χ2v) is 30.2. The zero-order chi connectivity index (χ0) is 67.6. The van der Waals surface area contributed by atoms with E-state index in [1.807, 2.05) is 106 Å². The van der Waals surface area contributed by atoms with E-state index < -0.39 is 97.8 Å². The average Bonchev–Trinajstić information content (AvgIpc) is 1.33. The third-order valence-electron chi connectivity index (χ3n) is 21.9. The summed E-state index contributed by atoms with van der Waals surface area (Å²) < 4.78 is 47.7. The molecule has 21 heteroatoms. The molecule has 3 saturated heterocycles. The van der Waals surface area contributed by atoms with Crippen molar-refractivity contribution in [2.75, 3.05) is 0 Å². The van der Waals surface area contributed by atoms with Crippen LogP contribution in [0.3, 0.4) is 0 Å². The van der Waals surface area contributed by atoms with Crippen LogP contribution in [0.25, 0.3) is 12.2 Å². The monoisotopic (exact) mass is 1350 g/mol. The van der Waals surface area contributed by atoms with E-state index in [0.29, 0.717) is 77.9 Å². The van der Waals surface area contributed by atoms with Crippen molar-refractivity contribution < 1.29 is 128 Å². The molecular weight excluding hydrogens is 1260 g/mol. The summed E-state index contributed by atoms with van der Waals surface area (Å²) in [5.74, 6) is -4.73. The molecule has 518 valence electrons. The number of carboxylic acids is 2. The van der Waals surface area contributed by atoms with Gasteiger partial charge in [-0.1, -0.05) is 64.8 Å². The van der Waals surface area contributed by atoms with Crippen molar-refractivity contribution in [1.82, 2.24) is 0 Å². The molecule has 12 unspecified atom stereocenters. The fourth-order valence-corrected chi connectivity index (χ4v) is 17.3. The maximum absolute atomic E-state index is 15.0. The predicted octanol–water partition coefficient (Wildman–Crippen LogP) is 8.87. The SMILES string of the molecule is CC(C)=CCCC1(C)C=Cc2c(O)c3c(c(CC=C(C)C)c2O1)OC12C(=CC4CC1C(C)(C)OC2(C/C=C(/C)C(=O)O)C4=O)C3=O.CC(C)=CCCC1(C)C=Cc2c(O)c3c(c(CC=C(C)C)c2O1)OC12C4CC(C(=O)C1(C/C=C(/C)C(=O)O)OC4(C)C)C1OC12C3=O.O.O.[Na+].[OH-]. The molecule has 9 N–H and O–H groups in total. The van der Waals surface area contributed by atoms with Gasteiger partial charge in [-0.15, -0.1) is 0 Å². The molecule has 7 fully saturated rings. The Balaban J connectivity index is 0.000000238. The third-order valence-corrected chi connectivity index (χ3v) is 21.9. The number of carbonyl (C=O) groups is 6. The number of ketones is 4. The Kier molecular flexibility index (Phi) is 20.0. The Bertz CT molecular complexity index is 4020. The van der Waals surface area contributed by atoms with Gasteiger partial charge in [-0.05, 0) is 186 Å². The molecule has 13 aliphatic rings. The van der Waals surface area contributed by atoms with E-state index in [1.54, 1.807) is 6.08 Å². The summed E-state index contributed by atoms with van der Waals surface area (Å²) in [5.41, 5.74) is -4.01. The topological polar surface area (TPSA) is 344 Å². The number of benzene rings is 2. The number of fused-ring (bicyclic) bond motifs is 4. The van der Waals surface area contributed by atoms with Crippen molar-refractivity contribution in [1.29, 1.82) is 0 Å². The number of phenols is 2. The molecule has 3 spiro atoms. The summed E-state index contributed by atoms with van der Waals surface area (Å²) in [4.78, 5) is 82.2. The minimum absolute atomic E-state index is 0. The van der Waals surface area contributed by atoms with Crippen molar-refractivity contribution in [3.63, 3.8) is 0 Å². The van der Waals surface area contributed by atoms with Gasteiger partial charge in [0.05, 0.1) is 28.2 Å². The van der Waals surface area contributed by atoms with Crippen LogP contribution >= 0.6 is 0 Å². The fraction of sp³-hybridized carbons (Fsp3) is 0.526. The van der Waals surface area contributed by atoms with Crippen LogP contribution in [-0.2, 0) is 46.2 Å². The number of hydrogen-bond donors (Lipinski definition) is 4. The number of ether oxygens (including phenoxy) is 7. The Labute approximate surface area is 588 Å². The maximum atomic E-state index is 15.0. The van der Waals surface area contributed by atoms with Crippen LogP contribution in [0.5, 0.6) is 34.5 Å². The van der Waals surface area contributed by atoms with Gasteiger partial charge in [0.1, 0.15) is 62.9 Å². The number of rotatable bonds is 16. The second kappa shape index (κ2) is 25.5. The second-order valence-electron chi connectivity index (χ2n) is 30.2. The van der Waals surface area contributed by atoms with Gasteiger partial charge < -0.3 is 70.0 Å². The summed E-state index contributed by atoms with van der Waals surface area (Å²) in [5, 5.41) is 43.0. The Morgan fingerprint density at radius 1 is 0.557 bits per heavy atom. The van der Waals surface area contributed by atoms with Crippen molar-refractivity contribution in [3.05, 3.63) is 127 Å². The number of phenolic OH excluding ortho intramolecular Hbond substituents is 2. The molecule has 20 nitrogen and oxygen atoms in total. The summed E-state index contributed by atoms with van der Waals surface area (Å²) in [6.45, 7) is 30.7. The van der Waals surface area contributed by atoms with Crippen LogP contribution in [0.15, 0.2) is 93.7 Å². The standard InChI is InChI=1S/C38H44O9.C38H44O8.Na.3H2O/c1-19(2)10-9-15-35(8)16-14-22-27(39)26-29(23(28(22)44-35)12-11-20(3)4)45-38-25-18-24(32-37(38,46-32)31(26)41)30(40)36(38,47-34(25,6)7)17-13-21(5)33(42)43;1-20(2)10-9-15-36(8)16-14-24-29(39)28-30(40)26-18-23-19-27-35(6,7)46-37(33(23)41,17-13-22(5)34(42)43)38(26,27)45-32(28)25(31(24)44-36)12-11-21(3)4;;;;/h10-11,13-14,16,24-25,32,39H,9,12,15,17-18H2,1-8H3,(H,42,43);10-11,13-14,16,18,23,27,39H,9,12,15,17,19H2,1-8H3,(H,42,43);;3*1H2/q;;+1;;;/p-1/b21-13-;22-13-;;;;. The van der Waals surface area contributed by atoms with Gasteiger partial charge in [-0.3, -0.25) is 19.2 Å². The van der Waals surface area contributed by atoms with Crippen molar-refractivity contribution in [2.45, 2.75) is 232 Å². The zero-order valence-corrected chi connectivity index (χ0v) is 60.9. The van der Waals surface area contributed by atoms with E-state index in [0.717, 1.165) is 24.0 Å². The number of aromatic hydroxyl groups is 2. The van der Waals surface area contributed by atoms with E-state index >= 15 is 4.79 Å². The number of hydrogen-bond acceptors (Lipinski definition) is 16. The molecule has 7 heterocycles. The molecule has 2 aromatic rings. The molecular formula is C76H93NaO20. The number of Topliss-reactive ketones (excluding diaryl/α,β-unsaturated/α-hetero) is 4. The zero-order valence-electron chi connectivity index (χ0n) is 58.9. The van der Waals surface area contributed by atoms with Crippen LogP contribution < -0.4 is 48.5 Å². The first-order valence-corrected chi connectivity index (χ1v) is 32.7. The summed E-state index contributed by atoms with van der Waals surface area (Å²) >= 11 is 0. The van der Waals surface area contributed by atoms with Gasteiger partial charge >= 0.3 is 41.5 Å². The number of carboxylic acid groups (broad SMARTS) is 2. The van der Waals surface area contributed by atoms with E-state index in [-0.39, 0.29) is 122 Å². The van der Waals surface area contributed by atoms with Crippen molar-refractivity contribution in [2.24, 2.45) is 23.7 Å². The Morgan fingerprint density at radius 3 is 1.49 bits per heavy atom. The van der Waals surface area contributed by atoms with Crippen LogP contribution in [0.2, 0.25) is 0 Å². The fourth-order valence-electron chi connectivity index (χ4n) is 17.3. The summed E-state index contributed by atoms with van der Waals surface area (Å²) in [6, 6.07) is 0. The van der Waals surface area contributed by atoms with Gasteiger partial charge in [0.2, 0.25) is 11.4 Å². The predicted molar refractivity (Wildman–Crippen MR) is 357 cm³/mol. The summed E-state index contributed by atoms with van der Waals surface area (Å²) in [7, 11) is 0. The molecule has 7 aliphatic heterocycles. The van der Waals surface area contributed by atoms with Gasteiger partial charge in [0, 0.05) is 58.4 Å². The number of allylic oxidation sites excluding steroid dienone is 9. The van der Waals surface area contributed by atoms with E-state index in [9.17, 15) is 44.4 Å². The molecule has 12 atom stereocenters. The van der Waals surface area contributed by atoms with Crippen molar-refractivity contribution in [3.8, 4) is 34.5 Å². The maximum Gasteiger partial charge on any atom is 1.00 e. The first-order valence-electron chi connectivity index (χ1n) is 32.7. The largest absolute Gasteiger partial charge is 1.00 e. The minimum atomic E-state index is -1.68. The van der Waals surface area contributed by atoms with Crippen LogP contribution in [-0.4, -0.2) is 128 Å². The van der Waals surface area contributed by atoms with E-state index in [4.69, 9.17) is 33.2 Å². The van der Waals surface area contributed by atoms with Crippen LogP contribution in [0, 0.1) is 23.7 Å². The quantitative estimate of drug-likeness (QED) is 0.0527. The molecule has 97 heavy (non-hydrogen) atoms. The Hall–Kier alpha value is -6.72. The van der Waals surface area contributed by atoms with E-state index in [2.05, 4.69) is 39.8 Å². The van der Waals surface area contributed by atoms with Crippen molar-refractivity contribution >= 4 is 47.2 Å². The smallest absolute Gasteiger partial charge is 0.870 e. The van der Waals surface area contributed by atoms with Gasteiger partial charge in [0.25, 0.3) is 0 Å². The van der Waals surface area contributed by atoms with E-state index in [1.165, 1.54) is 37.1 Å². The average molecular weight is 1350 g/mol. The molecule has 0 aromatic heterocycles. The molecule has 2 aromatic carbocycles. The Morgan fingerprint density at radius 2 is 1.01 bits per heavy atom. The molecule has 6 aliphatic carbocycles. The molecule has 4 saturated carbocycles. The number of epoxide rings is 1. The van der Waals surface area contributed by atoms with Gasteiger partial charge in [0.15, 0.2) is 39.8 Å². The molecule has 0 radical (unpaired) electrons.